The molecule has 1 aromatic carbocycles. The van der Waals surface area contributed by atoms with E-state index in [4.69, 9.17) is 9.57 Å². The number of nitrogens with zero attached hydrogens (tertiary/aromatic N) is 1. The molecule has 0 amide bonds. The number of esters is 1. The first-order valence-corrected chi connectivity index (χ1v) is 7.61. The molecule has 0 saturated carbocycles. The van der Waals surface area contributed by atoms with Crippen LogP contribution in [0, 0.1) is 17.8 Å². The zero-order valence-electron chi connectivity index (χ0n) is 14.0. The van der Waals surface area contributed by atoms with Crippen molar-refractivity contribution in [2.75, 3.05) is 6.61 Å². The number of ether oxygens (including phenoxy) is 1. The maximum absolute atomic E-state index is 11.5. The quantitative estimate of drug-likeness (QED) is 0.349. The van der Waals surface area contributed by atoms with E-state index >= 15 is 0 Å². The summed E-state index contributed by atoms with van der Waals surface area (Å²) < 4.78 is 4.81. The van der Waals surface area contributed by atoms with E-state index in [2.05, 4.69) is 11.8 Å². The summed E-state index contributed by atoms with van der Waals surface area (Å²) >= 11 is 0. The van der Waals surface area contributed by atoms with Gasteiger partial charge in [-0.25, -0.2) is 4.79 Å². The van der Waals surface area contributed by atoms with Crippen LogP contribution in [0.5, 0.6) is 0 Å². The van der Waals surface area contributed by atoms with E-state index in [-0.39, 0.29) is 12.5 Å². The molecule has 0 aromatic heterocycles. The summed E-state index contributed by atoms with van der Waals surface area (Å²) in [5, 5.41) is 1.51. The molecular formula is C18H23NO4. The van der Waals surface area contributed by atoms with Gasteiger partial charge < -0.3 is 9.57 Å². The van der Waals surface area contributed by atoms with Crippen molar-refractivity contribution >= 4 is 11.9 Å². The predicted octanol–water partition coefficient (Wildman–Crippen LogP) is 2.56. The molecule has 0 saturated heterocycles. The van der Waals surface area contributed by atoms with Gasteiger partial charge in [0.1, 0.15) is 6.04 Å². The average molecular weight is 317 g/mol. The van der Waals surface area contributed by atoms with Gasteiger partial charge in [0.25, 0.3) is 0 Å². The second-order valence-electron chi connectivity index (χ2n) is 5.32. The van der Waals surface area contributed by atoms with Crippen molar-refractivity contribution in [2.24, 2.45) is 5.92 Å². The van der Waals surface area contributed by atoms with Gasteiger partial charge in [-0.15, -0.1) is 5.06 Å². The minimum atomic E-state index is -0.583. The van der Waals surface area contributed by atoms with Crippen LogP contribution in [-0.4, -0.2) is 29.7 Å². The van der Waals surface area contributed by atoms with Crippen molar-refractivity contribution < 1.29 is 19.2 Å². The molecular weight excluding hydrogens is 294 g/mol. The van der Waals surface area contributed by atoms with Crippen LogP contribution in [0.15, 0.2) is 30.3 Å². The van der Waals surface area contributed by atoms with Crippen LogP contribution in [-0.2, 0) is 25.7 Å². The van der Waals surface area contributed by atoms with Crippen LogP contribution in [0.25, 0.3) is 0 Å². The maximum Gasteiger partial charge on any atom is 0.384 e. The topological polar surface area (TPSA) is 55.8 Å². The molecule has 0 heterocycles. The molecule has 124 valence electrons. The molecule has 23 heavy (non-hydrogen) atoms. The lowest BCUT2D eigenvalue weighted by Crippen LogP contribution is -2.39. The Balaban J connectivity index is 2.98. The first kappa shape index (κ1) is 18.7. The van der Waals surface area contributed by atoms with Crippen molar-refractivity contribution in [1.82, 2.24) is 5.06 Å². The zero-order valence-corrected chi connectivity index (χ0v) is 14.0. The van der Waals surface area contributed by atoms with Crippen LogP contribution < -0.4 is 0 Å². The van der Waals surface area contributed by atoms with Gasteiger partial charge in [0.05, 0.1) is 13.2 Å². The Morgan fingerprint density at radius 1 is 1.22 bits per heavy atom. The van der Waals surface area contributed by atoms with Crippen molar-refractivity contribution in [1.29, 1.82) is 0 Å². The summed E-state index contributed by atoms with van der Waals surface area (Å²) in [4.78, 5) is 28.2. The van der Waals surface area contributed by atoms with Crippen molar-refractivity contribution in [3.63, 3.8) is 0 Å². The fourth-order valence-electron chi connectivity index (χ4n) is 1.99. The molecule has 0 radical (unpaired) electrons. The SMILES string of the molecule is CCOC(=O)C#CC(C(C)C)N(Cc1ccccc1)OC(C)=O. The lowest BCUT2D eigenvalue weighted by molar-refractivity contribution is -0.201. The Morgan fingerprint density at radius 2 is 1.87 bits per heavy atom. The fourth-order valence-corrected chi connectivity index (χ4v) is 1.99. The summed E-state index contributed by atoms with van der Waals surface area (Å²) in [6.45, 7) is 7.63. The summed E-state index contributed by atoms with van der Waals surface area (Å²) in [6.07, 6.45) is 0. The Labute approximate surface area is 137 Å². The van der Waals surface area contributed by atoms with E-state index in [1.165, 1.54) is 12.0 Å². The molecule has 0 N–H and O–H groups in total. The van der Waals surface area contributed by atoms with E-state index in [0.29, 0.717) is 6.54 Å². The number of hydrogen-bond donors (Lipinski definition) is 0. The van der Waals surface area contributed by atoms with Crippen molar-refractivity contribution in [3.8, 4) is 11.8 Å². The molecule has 1 atom stereocenters. The molecule has 1 aromatic rings. The van der Waals surface area contributed by atoms with Gasteiger partial charge >= 0.3 is 11.9 Å². The predicted molar refractivity (Wildman–Crippen MR) is 86.8 cm³/mol. The normalized spacial score (nSPS) is 11.6. The summed E-state index contributed by atoms with van der Waals surface area (Å²) in [5.41, 5.74) is 0.984. The standard InChI is InChI=1S/C18H23NO4/c1-5-22-18(21)12-11-17(14(2)3)19(23-15(4)20)13-16-9-7-6-8-10-16/h6-10,14,17H,5,13H2,1-4H3. The number of rotatable bonds is 6. The molecule has 0 spiro atoms. The lowest BCUT2D eigenvalue weighted by Gasteiger charge is -2.28. The largest absolute Gasteiger partial charge is 0.456 e. The number of benzene rings is 1. The van der Waals surface area contributed by atoms with Gasteiger partial charge in [0, 0.05) is 12.8 Å². The molecule has 5 heteroatoms. The molecule has 1 rings (SSSR count). The van der Waals surface area contributed by atoms with Gasteiger partial charge in [0.15, 0.2) is 0 Å². The summed E-state index contributed by atoms with van der Waals surface area (Å²) in [7, 11) is 0. The smallest absolute Gasteiger partial charge is 0.384 e. The second kappa shape index (κ2) is 9.65. The summed E-state index contributed by atoms with van der Waals surface area (Å²) in [5.74, 6) is 4.36. The first-order valence-electron chi connectivity index (χ1n) is 7.61. The van der Waals surface area contributed by atoms with Crippen molar-refractivity contribution in [2.45, 2.75) is 40.3 Å². The van der Waals surface area contributed by atoms with Crippen LogP contribution in [0.1, 0.15) is 33.3 Å². The highest BCUT2D eigenvalue weighted by molar-refractivity contribution is 5.88. The Kier molecular flexibility index (Phi) is 7.86. The number of hydroxylamine groups is 2. The maximum atomic E-state index is 11.5. The number of carbonyl (C=O) groups excluding carboxylic acids is 2. The second-order valence-corrected chi connectivity index (χ2v) is 5.32. The van der Waals surface area contributed by atoms with E-state index < -0.39 is 18.0 Å². The molecule has 1 unspecified atom stereocenters. The molecule has 0 bridgehead atoms. The number of carbonyl (C=O) groups is 2. The summed E-state index contributed by atoms with van der Waals surface area (Å²) in [6, 6.07) is 9.20. The van der Waals surface area contributed by atoms with E-state index in [9.17, 15) is 9.59 Å². The highest BCUT2D eigenvalue weighted by Gasteiger charge is 2.23. The zero-order chi connectivity index (χ0) is 17.2. The van der Waals surface area contributed by atoms with E-state index in [1.807, 2.05) is 44.2 Å². The van der Waals surface area contributed by atoms with E-state index in [1.54, 1.807) is 6.92 Å². The third-order valence-electron chi connectivity index (χ3n) is 2.97. The van der Waals surface area contributed by atoms with Crippen LogP contribution in [0.2, 0.25) is 0 Å². The average Bonchev–Trinajstić information content (AvgIpc) is 2.47. The van der Waals surface area contributed by atoms with Crippen LogP contribution in [0.4, 0.5) is 0 Å². The molecule has 0 fully saturated rings. The fraction of sp³-hybridized carbons (Fsp3) is 0.444. The monoisotopic (exact) mass is 317 g/mol. The van der Waals surface area contributed by atoms with Crippen LogP contribution >= 0.6 is 0 Å². The first-order chi connectivity index (χ1) is 10.9. The van der Waals surface area contributed by atoms with Gasteiger partial charge in [-0.3, -0.25) is 4.79 Å². The van der Waals surface area contributed by atoms with Gasteiger partial charge in [-0.1, -0.05) is 50.1 Å². The van der Waals surface area contributed by atoms with Crippen molar-refractivity contribution in [3.05, 3.63) is 35.9 Å². The molecule has 0 aliphatic heterocycles. The Bertz CT molecular complexity index is 572. The van der Waals surface area contributed by atoms with E-state index in [0.717, 1.165) is 5.56 Å². The highest BCUT2D eigenvalue weighted by Crippen LogP contribution is 2.15. The van der Waals surface area contributed by atoms with Crippen LogP contribution in [0.3, 0.4) is 0 Å². The minimum absolute atomic E-state index is 0.0555. The van der Waals surface area contributed by atoms with Gasteiger partial charge in [0.2, 0.25) is 0 Å². The number of hydrogen-bond acceptors (Lipinski definition) is 5. The lowest BCUT2D eigenvalue weighted by atomic mass is 10.0. The Hall–Kier alpha value is -2.32. The highest BCUT2D eigenvalue weighted by atomic mass is 16.7. The van der Waals surface area contributed by atoms with Gasteiger partial charge in [-0.05, 0) is 18.4 Å². The third kappa shape index (κ3) is 6.98. The third-order valence-corrected chi connectivity index (χ3v) is 2.97. The van der Waals surface area contributed by atoms with Gasteiger partial charge in [-0.2, -0.15) is 0 Å². The minimum Gasteiger partial charge on any atom is -0.456 e. The molecule has 0 aliphatic carbocycles. The molecule has 5 nitrogen and oxygen atoms in total. The molecule has 0 aliphatic rings. The Morgan fingerprint density at radius 3 is 2.39 bits per heavy atom.